The van der Waals surface area contributed by atoms with Crippen LogP contribution in [0.25, 0.3) is 0 Å². The van der Waals surface area contributed by atoms with Crippen molar-refractivity contribution < 1.29 is 9.90 Å². The highest BCUT2D eigenvalue weighted by Crippen LogP contribution is 2.36. The van der Waals surface area contributed by atoms with E-state index in [9.17, 15) is 9.90 Å². The van der Waals surface area contributed by atoms with Crippen LogP contribution in [0.5, 0.6) is 0 Å². The van der Waals surface area contributed by atoms with E-state index >= 15 is 0 Å². The van der Waals surface area contributed by atoms with E-state index in [0.717, 1.165) is 45.1 Å². The van der Waals surface area contributed by atoms with Crippen LogP contribution in [0.2, 0.25) is 0 Å². The van der Waals surface area contributed by atoms with E-state index in [1.54, 1.807) is 0 Å². The standard InChI is InChI=1S/C13H25NO2/c1-4-7-11(3)14-10-6-9-13(14,8-5-2)12(15)16/h11H,4-10H2,1-3H3,(H,15,16). The summed E-state index contributed by atoms with van der Waals surface area (Å²) >= 11 is 0. The molecule has 0 radical (unpaired) electrons. The Labute approximate surface area is 98.8 Å². The summed E-state index contributed by atoms with van der Waals surface area (Å²) < 4.78 is 0. The first-order valence-corrected chi connectivity index (χ1v) is 6.58. The molecule has 0 saturated carbocycles. The van der Waals surface area contributed by atoms with E-state index in [1.807, 2.05) is 0 Å². The van der Waals surface area contributed by atoms with Gasteiger partial charge in [-0.1, -0.05) is 26.7 Å². The van der Waals surface area contributed by atoms with Crippen LogP contribution in [0.15, 0.2) is 0 Å². The fraction of sp³-hybridized carbons (Fsp3) is 0.923. The van der Waals surface area contributed by atoms with E-state index in [1.165, 1.54) is 0 Å². The third-order valence-electron chi connectivity index (χ3n) is 3.84. The third-order valence-corrected chi connectivity index (χ3v) is 3.84. The minimum absolute atomic E-state index is 0.398. The van der Waals surface area contributed by atoms with Gasteiger partial charge in [-0.3, -0.25) is 9.69 Å². The second-order valence-corrected chi connectivity index (χ2v) is 5.02. The minimum Gasteiger partial charge on any atom is -0.480 e. The molecule has 0 aromatic rings. The third kappa shape index (κ3) is 2.40. The fourth-order valence-electron chi connectivity index (χ4n) is 3.13. The van der Waals surface area contributed by atoms with Crippen molar-refractivity contribution in [1.29, 1.82) is 0 Å². The molecule has 0 spiro atoms. The van der Waals surface area contributed by atoms with Crippen molar-refractivity contribution in [3.63, 3.8) is 0 Å². The molecule has 1 heterocycles. The second kappa shape index (κ2) is 5.67. The summed E-state index contributed by atoms with van der Waals surface area (Å²) in [4.78, 5) is 13.8. The zero-order chi connectivity index (χ0) is 12.2. The van der Waals surface area contributed by atoms with Gasteiger partial charge in [0, 0.05) is 6.04 Å². The van der Waals surface area contributed by atoms with Crippen molar-refractivity contribution in [2.24, 2.45) is 0 Å². The molecule has 1 aliphatic heterocycles. The largest absolute Gasteiger partial charge is 0.480 e. The molecule has 0 aromatic carbocycles. The molecule has 0 amide bonds. The quantitative estimate of drug-likeness (QED) is 0.758. The summed E-state index contributed by atoms with van der Waals surface area (Å²) in [6.07, 6.45) is 5.81. The molecule has 1 fully saturated rings. The van der Waals surface area contributed by atoms with E-state index in [-0.39, 0.29) is 0 Å². The van der Waals surface area contributed by atoms with E-state index in [2.05, 4.69) is 25.7 Å². The van der Waals surface area contributed by atoms with E-state index in [4.69, 9.17) is 0 Å². The molecule has 2 atom stereocenters. The molecule has 1 saturated heterocycles. The number of likely N-dealkylation sites (tertiary alicyclic amines) is 1. The molecule has 16 heavy (non-hydrogen) atoms. The summed E-state index contributed by atoms with van der Waals surface area (Å²) in [7, 11) is 0. The zero-order valence-corrected chi connectivity index (χ0v) is 10.8. The first-order chi connectivity index (χ1) is 7.58. The minimum atomic E-state index is -0.616. The molecule has 1 rings (SSSR count). The van der Waals surface area contributed by atoms with Gasteiger partial charge in [0.25, 0.3) is 0 Å². The lowest BCUT2D eigenvalue weighted by atomic mass is 9.89. The maximum atomic E-state index is 11.6. The maximum absolute atomic E-state index is 11.6. The van der Waals surface area contributed by atoms with Crippen LogP contribution in [-0.4, -0.2) is 34.1 Å². The van der Waals surface area contributed by atoms with Crippen molar-refractivity contribution in [3.8, 4) is 0 Å². The van der Waals surface area contributed by atoms with Crippen molar-refractivity contribution in [2.45, 2.75) is 70.9 Å². The number of nitrogens with zero attached hydrogens (tertiary/aromatic N) is 1. The van der Waals surface area contributed by atoms with Gasteiger partial charge in [-0.2, -0.15) is 0 Å². The van der Waals surface area contributed by atoms with Crippen molar-refractivity contribution >= 4 is 5.97 Å². The van der Waals surface area contributed by atoms with Crippen LogP contribution in [0, 0.1) is 0 Å². The highest BCUT2D eigenvalue weighted by atomic mass is 16.4. The van der Waals surface area contributed by atoms with Crippen LogP contribution < -0.4 is 0 Å². The molecule has 1 N–H and O–H groups in total. The predicted molar refractivity (Wildman–Crippen MR) is 65.6 cm³/mol. The maximum Gasteiger partial charge on any atom is 0.324 e. The lowest BCUT2D eigenvalue weighted by molar-refractivity contribution is -0.151. The van der Waals surface area contributed by atoms with Gasteiger partial charge in [0.1, 0.15) is 5.54 Å². The molecule has 1 aliphatic rings. The van der Waals surface area contributed by atoms with Crippen molar-refractivity contribution in [3.05, 3.63) is 0 Å². The van der Waals surface area contributed by atoms with Gasteiger partial charge in [-0.05, 0) is 39.2 Å². The molecule has 0 bridgehead atoms. The Morgan fingerprint density at radius 2 is 2.12 bits per heavy atom. The van der Waals surface area contributed by atoms with Gasteiger partial charge in [0.15, 0.2) is 0 Å². The first kappa shape index (κ1) is 13.5. The molecule has 3 nitrogen and oxygen atoms in total. The Bertz CT molecular complexity index is 242. The van der Waals surface area contributed by atoms with Gasteiger partial charge in [0.2, 0.25) is 0 Å². The molecule has 94 valence electrons. The summed E-state index contributed by atoms with van der Waals surface area (Å²) in [6.45, 7) is 7.36. The molecular formula is C13H25NO2. The van der Waals surface area contributed by atoms with Gasteiger partial charge in [-0.25, -0.2) is 0 Å². The molecule has 0 aliphatic carbocycles. The normalized spacial score (nSPS) is 28.2. The van der Waals surface area contributed by atoms with Gasteiger partial charge in [-0.15, -0.1) is 0 Å². The number of hydrogen-bond acceptors (Lipinski definition) is 2. The Hall–Kier alpha value is -0.570. The van der Waals surface area contributed by atoms with Crippen LogP contribution in [0.3, 0.4) is 0 Å². The smallest absolute Gasteiger partial charge is 0.324 e. The Balaban J connectivity index is 2.84. The van der Waals surface area contributed by atoms with Crippen LogP contribution >= 0.6 is 0 Å². The highest BCUT2D eigenvalue weighted by Gasteiger charge is 2.48. The number of rotatable bonds is 6. The van der Waals surface area contributed by atoms with Crippen LogP contribution in [0.1, 0.15) is 59.3 Å². The van der Waals surface area contributed by atoms with E-state index < -0.39 is 11.5 Å². The van der Waals surface area contributed by atoms with Crippen LogP contribution in [0.4, 0.5) is 0 Å². The van der Waals surface area contributed by atoms with Gasteiger partial charge < -0.3 is 5.11 Å². The monoisotopic (exact) mass is 227 g/mol. The zero-order valence-electron chi connectivity index (χ0n) is 10.8. The van der Waals surface area contributed by atoms with Crippen molar-refractivity contribution in [2.75, 3.05) is 6.54 Å². The fourth-order valence-corrected chi connectivity index (χ4v) is 3.13. The van der Waals surface area contributed by atoms with Gasteiger partial charge >= 0.3 is 5.97 Å². The SMILES string of the molecule is CCCC(C)N1CCCC1(CCC)C(=O)O. The Morgan fingerprint density at radius 1 is 1.44 bits per heavy atom. The highest BCUT2D eigenvalue weighted by molar-refractivity contribution is 5.79. The molecule has 0 aromatic heterocycles. The number of aliphatic carboxylic acids is 1. The first-order valence-electron chi connectivity index (χ1n) is 6.58. The Morgan fingerprint density at radius 3 is 2.62 bits per heavy atom. The Kier molecular flexibility index (Phi) is 4.78. The number of hydrogen-bond donors (Lipinski definition) is 1. The molecule has 3 heteroatoms. The topological polar surface area (TPSA) is 40.5 Å². The predicted octanol–water partition coefficient (Wildman–Crippen LogP) is 2.89. The van der Waals surface area contributed by atoms with Crippen LogP contribution in [-0.2, 0) is 4.79 Å². The lowest BCUT2D eigenvalue weighted by Crippen LogP contribution is -2.53. The average molecular weight is 227 g/mol. The number of carboxylic acids is 1. The summed E-state index contributed by atoms with van der Waals surface area (Å²) in [5.74, 6) is -0.616. The summed E-state index contributed by atoms with van der Waals surface area (Å²) in [5, 5.41) is 9.54. The van der Waals surface area contributed by atoms with Crippen molar-refractivity contribution in [1.82, 2.24) is 4.90 Å². The average Bonchev–Trinajstić information content (AvgIpc) is 2.64. The summed E-state index contributed by atoms with van der Waals surface area (Å²) in [6, 6.07) is 0.398. The molecule has 2 unspecified atom stereocenters. The number of carbonyl (C=O) groups is 1. The van der Waals surface area contributed by atoms with E-state index in [0.29, 0.717) is 6.04 Å². The second-order valence-electron chi connectivity index (χ2n) is 5.02. The van der Waals surface area contributed by atoms with Gasteiger partial charge in [0.05, 0.1) is 0 Å². The summed E-state index contributed by atoms with van der Waals surface area (Å²) in [5.41, 5.74) is -0.566. The molecular weight excluding hydrogens is 202 g/mol. The number of carboxylic acid groups (broad SMARTS) is 1. The lowest BCUT2D eigenvalue weighted by Gasteiger charge is -2.38.